The third-order valence-corrected chi connectivity index (χ3v) is 6.91. The van der Waals surface area contributed by atoms with Crippen molar-refractivity contribution in [1.82, 2.24) is 0 Å². The Morgan fingerprint density at radius 2 is 1.81 bits per heavy atom. The van der Waals surface area contributed by atoms with Gasteiger partial charge in [-0.1, -0.05) is 80.1 Å². The molecule has 1 nitrogen and oxygen atoms in total. The topological polar surface area (TPSA) is 9.23 Å². The Kier molecular flexibility index (Phi) is 6.31. The van der Waals surface area contributed by atoms with E-state index < -0.39 is 0 Å². The van der Waals surface area contributed by atoms with Gasteiger partial charge in [-0.15, -0.1) is 0 Å². The zero-order valence-corrected chi connectivity index (χ0v) is 20.2. The van der Waals surface area contributed by atoms with Crippen molar-refractivity contribution in [1.29, 1.82) is 0 Å². The lowest BCUT2D eigenvalue weighted by Gasteiger charge is -2.37. The summed E-state index contributed by atoms with van der Waals surface area (Å²) in [5.41, 5.74) is 6.36. The van der Waals surface area contributed by atoms with Gasteiger partial charge in [0.05, 0.1) is 5.02 Å². The fourth-order valence-electron chi connectivity index (χ4n) is 4.99. The maximum absolute atomic E-state index is 6.90. The number of rotatable bonds is 5. The summed E-state index contributed by atoms with van der Waals surface area (Å²) in [6.07, 6.45) is 5.48. The molecule has 164 valence electrons. The maximum Gasteiger partial charge on any atom is 0.135 e. The second-order valence-electron chi connectivity index (χ2n) is 9.38. The van der Waals surface area contributed by atoms with Crippen LogP contribution in [0.15, 0.2) is 90.0 Å². The third kappa shape index (κ3) is 4.27. The minimum absolute atomic E-state index is 0.101. The molecule has 0 saturated carbocycles. The molecule has 0 bridgehead atoms. The standard InChI is InChI=1S/C30H31ClO/c1-6-20(2)28(29-21(3)11-10-18-30(29,4)5)25-17-16-23(19-26(25)31)32-27-15-9-13-22-12-7-8-14-24(22)27/h6-9,12-17,19H,1,10-11,18H2,2-5H3. The second kappa shape index (κ2) is 9.00. The molecule has 0 spiro atoms. The molecule has 4 rings (SSSR count). The van der Waals surface area contributed by atoms with E-state index in [4.69, 9.17) is 16.3 Å². The first-order chi connectivity index (χ1) is 15.3. The van der Waals surface area contributed by atoms with Gasteiger partial charge in [-0.05, 0) is 78.8 Å². The van der Waals surface area contributed by atoms with Crippen LogP contribution in [0.1, 0.15) is 52.5 Å². The first-order valence-electron chi connectivity index (χ1n) is 11.3. The molecule has 0 heterocycles. The Morgan fingerprint density at radius 1 is 1.06 bits per heavy atom. The molecule has 0 N–H and O–H groups in total. The van der Waals surface area contributed by atoms with E-state index in [-0.39, 0.29) is 5.41 Å². The highest BCUT2D eigenvalue weighted by atomic mass is 35.5. The molecule has 1 aliphatic carbocycles. The van der Waals surface area contributed by atoms with Crippen LogP contribution in [0.4, 0.5) is 0 Å². The summed E-state index contributed by atoms with van der Waals surface area (Å²) in [7, 11) is 0. The van der Waals surface area contributed by atoms with Crippen molar-refractivity contribution in [2.75, 3.05) is 0 Å². The fraction of sp³-hybridized carbons (Fsp3) is 0.267. The van der Waals surface area contributed by atoms with E-state index in [1.165, 1.54) is 29.6 Å². The first kappa shape index (κ1) is 22.4. The number of hydrogen-bond acceptors (Lipinski definition) is 1. The molecule has 0 amide bonds. The van der Waals surface area contributed by atoms with Gasteiger partial charge < -0.3 is 4.74 Å². The molecule has 3 aromatic rings. The number of fused-ring (bicyclic) bond motifs is 1. The number of benzene rings is 3. The predicted octanol–water partition coefficient (Wildman–Crippen LogP) is 9.77. The highest BCUT2D eigenvalue weighted by Crippen LogP contribution is 2.49. The van der Waals surface area contributed by atoms with Crippen LogP contribution in [0, 0.1) is 5.41 Å². The van der Waals surface area contributed by atoms with Crippen molar-refractivity contribution in [3.8, 4) is 11.5 Å². The van der Waals surface area contributed by atoms with Crippen LogP contribution in [-0.2, 0) is 0 Å². The summed E-state index contributed by atoms with van der Waals surface area (Å²) in [4.78, 5) is 0. The molecule has 32 heavy (non-hydrogen) atoms. The molecule has 0 saturated heterocycles. The van der Waals surface area contributed by atoms with Crippen molar-refractivity contribution in [3.63, 3.8) is 0 Å². The minimum atomic E-state index is 0.101. The van der Waals surface area contributed by atoms with Crippen LogP contribution < -0.4 is 4.74 Å². The van der Waals surface area contributed by atoms with E-state index in [9.17, 15) is 0 Å². The molecule has 0 unspecified atom stereocenters. The molecule has 0 atom stereocenters. The van der Waals surface area contributed by atoms with Gasteiger partial charge in [-0.2, -0.15) is 0 Å². The number of allylic oxidation sites excluding steroid dienone is 5. The van der Waals surface area contributed by atoms with Crippen LogP contribution in [-0.4, -0.2) is 0 Å². The Hall–Kier alpha value is -2.77. The Bertz CT molecular complexity index is 1240. The van der Waals surface area contributed by atoms with Crippen LogP contribution in [0.2, 0.25) is 5.02 Å². The second-order valence-corrected chi connectivity index (χ2v) is 9.78. The highest BCUT2D eigenvalue weighted by Gasteiger charge is 2.32. The average Bonchev–Trinajstić information content (AvgIpc) is 2.76. The van der Waals surface area contributed by atoms with Crippen molar-refractivity contribution in [2.45, 2.75) is 47.0 Å². The quantitative estimate of drug-likeness (QED) is 0.357. The van der Waals surface area contributed by atoms with E-state index in [0.717, 1.165) is 39.8 Å². The first-order valence-corrected chi connectivity index (χ1v) is 11.7. The Labute approximate surface area is 197 Å². The van der Waals surface area contributed by atoms with Crippen LogP contribution in [0.25, 0.3) is 16.3 Å². The molecular formula is C30H31ClO. The van der Waals surface area contributed by atoms with Gasteiger partial charge in [-0.25, -0.2) is 0 Å². The summed E-state index contributed by atoms with van der Waals surface area (Å²) in [6, 6.07) is 20.4. The SMILES string of the molecule is C=CC(C)=C(C1=C(C)CCCC1(C)C)c1ccc(Oc2cccc3ccccc23)cc1Cl. The lowest BCUT2D eigenvalue weighted by atomic mass is 9.68. The Balaban J connectivity index is 1.77. The van der Waals surface area contributed by atoms with Crippen LogP contribution >= 0.6 is 11.6 Å². The van der Waals surface area contributed by atoms with Gasteiger partial charge in [0.25, 0.3) is 0 Å². The molecule has 0 radical (unpaired) electrons. The average molecular weight is 443 g/mol. The van der Waals surface area contributed by atoms with Gasteiger partial charge in [0, 0.05) is 17.0 Å². The molecular weight excluding hydrogens is 412 g/mol. The lowest BCUT2D eigenvalue weighted by molar-refractivity contribution is 0.379. The number of hydrogen-bond donors (Lipinski definition) is 0. The van der Waals surface area contributed by atoms with E-state index >= 15 is 0 Å². The summed E-state index contributed by atoms with van der Waals surface area (Å²) < 4.78 is 6.27. The summed E-state index contributed by atoms with van der Waals surface area (Å²) in [5, 5.41) is 2.94. The van der Waals surface area contributed by atoms with Gasteiger partial charge in [0.15, 0.2) is 0 Å². The maximum atomic E-state index is 6.90. The van der Waals surface area contributed by atoms with E-state index in [1.54, 1.807) is 0 Å². The molecule has 2 heteroatoms. The molecule has 0 fully saturated rings. The summed E-state index contributed by atoms with van der Waals surface area (Å²) in [5.74, 6) is 1.57. The lowest BCUT2D eigenvalue weighted by Crippen LogP contribution is -2.22. The summed E-state index contributed by atoms with van der Waals surface area (Å²) >= 11 is 6.90. The third-order valence-electron chi connectivity index (χ3n) is 6.59. The Morgan fingerprint density at radius 3 is 2.53 bits per heavy atom. The van der Waals surface area contributed by atoms with Crippen molar-refractivity contribution >= 4 is 27.9 Å². The smallest absolute Gasteiger partial charge is 0.135 e. The minimum Gasteiger partial charge on any atom is -0.457 e. The molecule has 0 aliphatic heterocycles. The van der Waals surface area contributed by atoms with Crippen molar-refractivity contribution < 1.29 is 4.74 Å². The van der Waals surface area contributed by atoms with E-state index in [0.29, 0.717) is 5.02 Å². The van der Waals surface area contributed by atoms with Crippen molar-refractivity contribution in [3.05, 3.63) is 101 Å². The largest absolute Gasteiger partial charge is 0.457 e. The summed E-state index contributed by atoms with van der Waals surface area (Å²) in [6.45, 7) is 13.1. The molecule has 3 aromatic carbocycles. The van der Waals surface area contributed by atoms with E-state index in [2.05, 4.69) is 58.5 Å². The zero-order chi connectivity index (χ0) is 22.9. The molecule has 1 aliphatic rings. The van der Waals surface area contributed by atoms with Gasteiger partial charge in [0.1, 0.15) is 11.5 Å². The van der Waals surface area contributed by atoms with Crippen molar-refractivity contribution in [2.24, 2.45) is 5.41 Å². The predicted molar refractivity (Wildman–Crippen MR) is 139 cm³/mol. The van der Waals surface area contributed by atoms with Crippen LogP contribution in [0.5, 0.6) is 11.5 Å². The highest BCUT2D eigenvalue weighted by molar-refractivity contribution is 6.32. The normalized spacial score (nSPS) is 16.7. The zero-order valence-electron chi connectivity index (χ0n) is 19.5. The monoisotopic (exact) mass is 442 g/mol. The van der Waals surface area contributed by atoms with Crippen LogP contribution in [0.3, 0.4) is 0 Å². The number of ether oxygens (including phenoxy) is 1. The molecule has 0 aromatic heterocycles. The van der Waals surface area contributed by atoms with Gasteiger partial charge in [-0.3, -0.25) is 0 Å². The number of halogens is 1. The van der Waals surface area contributed by atoms with Gasteiger partial charge in [0.2, 0.25) is 0 Å². The van der Waals surface area contributed by atoms with E-state index in [1.807, 2.05) is 42.5 Å². The van der Waals surface area contributed by atoms with Gasteiger partial charge >= 0.3 is 0 Å². The fourth-order valence-corrected chi connectivity index (χ4v) is 5.26.